The summed E-state index contributed by atoms with van der Waals surface area (Å²) in [5, 5.41) is 0. The number of hydrogen-bond acceptors (Lipinski definition) is 5. The van der Waals surface area contributed by atoms with Crippen LogP contribution < -0.4 is 19.1 Å². The van der Waals surface area contributed by atoms with E-state index in [1.54, 1.807) is 54.5 Å². The summed E-state index contributed by atoms with van der Waals surface area (Å²) in [7, 11) is -1.95. The highest BCUT2D eigenvalue weighted by Crippen LogP contribution is 2.31. The van der Waals surface area contributed by atoms with E-state index in [4.69, 9.17) is 9.47 Å². The molecule has 2 aliphatic rings. The van der Waals surface area contributed by atoms with Gasteiger partial charge in [0, 0.05) is 18.3 Å². The van der Waals surface area contributed by atoms with E-state index >= 15 is 0 Å². The van der Waals surface area contributed by atoms with Gasteiger partial charge in [0.15, 0.2) is 6.61 Å². The summed E-state index contributed by atoms with van der Waals surface area (Å²) in [6.45, 7) is 0.425. The van der Waals surface area contributed by atoms with Gasteiger partial charge in [-0.3, -0.25) is 4.79 Å². The normalized spacial score (nSPS) is 16.5. The number of rotatable bonds is 7. The SMILES string of the molecule is COc1ccc(OCC(=O)N2CCc3cc(S(=O)(=O)NC4CCCC4)ccc32)cc1. The predicted octanol–water partition coefficient (Wildman–Crippen LogP) is 2.88. The maximum atomic E-state index is 12.7. The molecule has 0 radical (unpaired) electrons. The molecule has 8 heteroatoms. The molecular formula is C22H26N2O5S. The molecule has 4 rings (SSSR count). The molecule has 0 atom stereocenters. The van der Waals surface area contributed by atoms with E-state index in [2.05, 4.69) is 4.72 Å². The van der Waals surface area contributed by atoms with E-state index in [0.717, 1.165) is 42.7 Å². The third-order valence-corrected chi connectivity index (χ3v) is 7.17. The van der Waals surface area contributed by atoms with Crippen LogP contribution in [0.1, 0.15) is 31.2 Å². The Morgan fingerprint density at radius 1 is 1.10 bits per heavy atom. The Balaban J connectivity index is 1.41. The summed E-state index contributed by atoms with van der Waals surface area (Å²) in [4.78, 5) is 14.6. The lowest BCUT2D eigenvalue weighted by Gasteiger charge is -2.18. The van der Waals surface area contributed by atoms with Crippen molar-refractivity contribution in [1.29, 1.82) is 0 Å². The monoisotopic (exact) mass is 430 g/mol. The van der Waals surface area contributed by atoms with Crippen LogP contribution in [0.15, 0.2) is 47.4 Å². The maximum absolute atomic E-state index is 12.7. The van der Waals surface area contributed by atoms with Crippen molar-refractivity contribution in [3.63, 3.8) is 0 Å². The van der Waals surface area contributed by atoms with Gasteiger partial charge in [-0.1, -0.05) is 12.8 Å². The molecule has 2 aromatic carbocycles. The standard InChI is InChI=1S/C22H26N2O5S/c1-28-18-6-8-19(9-7-18)29-15-22(25)24-13-12-16-14-20(10-11-21(16)24)30(26,27)23-17-4-2-3-5-17/h6-11,14,17,23H,2-5,12-13,15H2,1H3. The number of carbonyl (C=O) groups excluding carboxylic acids is 1. The van der Waals surface area contributed by atoms with Gasteiger partial charge in [0.1, 0.15) is 11.5 Å². The molecule has 0 saturated heterocycles. The first-order chi connectivity index (χ1) is 14.5. The van der Waals surface area contributed by atoms with E-state index in [0.29, 0.717) is 18.7 Å². The number of benzene rings is 2. The summed E-state index contributed by atoms with van der Waals surface area (Å²) < 4.78 is 38.9. The molecule has 7 nitrogen and oxygen atoms in total. The maximum Gasteiger partial charge on any atom is 0.264 e. The van der Waals surface area contributed by atoms with Gasteiger partial charge in [-0.15, -0.1) is 0 Å². The second kappa shape index (κ2) is 8.65. The quantitative estimate of drug-likeness (QED) is 0.730. The van der Waals surface area contributed by atoms with Crippen molar-refractivity contribution in [3.8, 4) is 11.5 Å². The zero-order valence-electron chi connectivity index (χ0n) is 17.0. The first-order valence-corrected chi connectivity index (χ1v) is 11.7. The summed E-state index contributed by atoms with van der Waals surface area (Å²) in [5.41, 5.74) is 1.61. The minimum atomic E-state index is -3.54. The zero-order chi connectivity index (χ0) is 21.1. The van der Waals surface area contributed by atoms with E-state index in [1.807, 2.05) is 0 Å². The van der Waals surface area contributed by atoms with Crippen LogP contribution >= 0.6 is 0 Å². The molecule has 30 heavy (non-hydrogen) atoms. The lowest BCUT2D eigenvalue weighted by molar-refractivity contribution is -0.120. The smallest absolute Gasteiger partial charge is 0.264 e. The van der Waals surface area contributed by atoms with Crippen LogP contribution in [0.4, 0.5) is 5.69 Å². The number of sulfonamides is 1. The zero-order valence-corrected chi connectivity index (χ0v) is 17.8. The molecule has 1 N–H and O–H groups in total. The molecule has 1 heterocycles. The highest BCUT2D eigenvalue weighted by Gasteiger charge is 2.28. The lowest BCUT2D eigenvalue weighted by atomic mass is 10.2. The fourth-order valence-electron chi connectivity index (χ4n) is 4.03. The second-order valence-corrected chi connectivity index (χ2v) is 9.37. The van der Waals surface area contributed by atoms with Gasteiger partial charge in [0.05, 0.1) is 12.0 Å². The number of fused-ring (bicyclic) bond motifs is 1. The van der Waals surface area contributed by atoms with Crippen molar-refractivity contribution >= 4 is 21.6 Å². The van der Waals surface area contributed by atoms with E-state index in [1.165, 1.54) is 0 Å². The Kier molecular flexibility index (Phi) is 5.97. The molecule has 0 unspecified atom stereocenters. The van der Waals surface area contributed by atoms with Crippen LogP contribution in [0.3, 0.4) is 0 Å². The van der Waals surface area contributed by atoms with Gasteiger partial charge < -0.3 is 14.4 Å². The lowest BCUT2D eigenvalue weighted by Crippen LogP contribution is -2.33. The molecule has 1 amide bonds. The van der Waals surface area contributed by atoms with Gasteiger partial charge in [-0.25, -0.2) is 13.1 Å². The van der Waals surface area contributed by atoms with E-state index in [9.17, 15) is 13.2 Å². The largest absolute Gasteiger partial charge is 0.497 e. The minimum absolute atomic E-state index is 0.0245. The first-order valence-electron chi connectivity index (χ1n) is 10.2. The Morgan fingerprint density at radius 3 is 2.50 bits per heavy atom. The first kappa shape index (κ1) is 20.7. The molecule has 1 aliphatic carbocycles. The number of anilines is 1. The molecule has 1 saturated carbocycles. The molecule has 160 valence electrons. The second-order valence-electron chi connectivity index (χ2n) is 7.65. The van der Waals surface area contributed by atoms with Gasteiger partial charge in [0.25, 0.3) is 5.91 Å². The fraction of sp³-hybridized carbons (Fsp3) is 0.409. The Labute approximate surface area is 177 Å². The molecular weight excluding hydrogens is 404 g/mol. The van der Waals surface area contributed by atoms with Gasteiger partial charge in [-0.2, -0.15) is 0 Å². The van der Waals surface area contributed by atoms with Gasteiger partial charge in [0.2, 0.25) is 10.0 Å². The van der Waals surface area contributed by atoms with Crippen molar-refractivity contribution in [2.75, 3.05) is 25.2 Å². The number of nitrogens with zero attached hydrogens (tertiary/aromatic N) is 1. The molecule has 1 aliphatic heterocycles. The average molecular weight is 431 g/mol. The molecule has 0 spiro atoms. The Bertz CT molecular complexity index is 1010. The minimum Gasteiger partial charge on any atom is -0.497 e. The third kappa shape index (κ3) is 4.44. The molecule has 0 aromatic heterocycles. The van der Waals surface area contributed by atoms with Crippen LogP contribution in [0.2, 0.25) is 0 Å². The van der Waals surface area contributed by atoms with E-state index < -0.39 is 10.0 Å². The van der Waals surface area contributed by atoms with Crippen molar-refractivity contribution in [1.82, 2.24) is 4.72 Å². The number of nitrogens with one attached hydrogen (secondary N) is 1. The number of hydrogen-bond donors (Lipinski definition) is 1. The van der Waals surface area contributed by atoms with Crippen LogP contribution in [0.5, 0.6) is 11.5 Å². The predicted molar refractivity (Wildman–Crippen MR) is 114 cm³/mol. The van der Waals surface area contributed by atoms with Crippen molar-refractivity contribution in [3.05, 3.63) is 48.0 Å². The number of ether oxygens (including phenoxy) is 2. The third-order valence-electron chi connectivity index (χ3n) is 5.66. The molecule has 1 fully saturated rings. The van der Waals surface area contributed by atoms with Crippen LogP contribution in [-0.2, 0) is 21.2 Å². The van der Waals surface area contributed by atoms with Crippen molar-refractivity contribution < 1.29 is 22.7 Å². The number of methoxy groups -OCH3 is 1. The van der Waals surface area contributed by atoms with Gasteiger partial charge >= 0.3 is 0 Å². The van der Waals surface area contributed by atoms with Crippen molar-refractivity contribution in [2.45, 2.75) is 43.0 Å². The summed E-state index contributed by atoms with van der Waals surface area (Å²) in [5.74, 6) is 1.14. The van der Waals surface area contributed by atoms with Crippen LogP contribution in [0.25, 0.3) is 0 Å². The topological polar surface area (TPSA) is 84.9 Å². The average Bonchev–Trinajstić information content (AvgIpc) is 3.41. The highest BCUT2D eigenvalue weighted by atomic mass is 32.2. The van der Waals surface area contributed by atoms with Crippen molar-refractivity contribution in [2.24, 2.45) is 0 Å². The molecule has 0 bridgehead atoms. The fourth-order valence-corrected chi connectivity index (χ4v) is 5.39. The Hall–Kier alpha value is -2.58. The summed E-state index contributed by atoms with van der Waals surface area (Å²) >= 11 is 0. The van der Waals surface area contributed by atoms with Gasteiger partial charge in [-0.05, 0) is 67.3 Å². The highest BCUT2D eigenvalue weighted by molar-refractivity contribution is 7.89. The number of carbonyl (C=O) groups is 1. The van der Waals surface area contributed by atoms with Crippen LogP contribution in [-0.4, -0.2) is 40.6 Å². The van der Waals surface area contributed by atoms with Crippen LogP contribution in [0, 0.1) is 0 Å². The summed E-state index contributed by atoms with van der Waals surface area (Å²) in [6.07, 6.45) is 4.53. The Morgan fingerprint density at radius 2 is 1.80 bits per heavy atom. The molecule has 2 aromatic rings. The summed E-state index contributed by atoms with van der Waals surface area (Å²) in [6, 6.07) is 12.0. The number of amides is 1. The van der Waals surface area contributed by atoms with E-state index in [-0.39, 0.29) is 23.5 Å².